The van der Waals surface area contributed by atoms with Crippen molar-refractivity contribution in [2.75, 3.05) is 36.4 Å². The average molecular weight is 274 g/mol. The predicted octanol–water partition coefficient (Wildman–Crippen LogP) is 2.58. The van der Waals surface area contributed by atoms with E-state index in [0.29, 0.717) is 12.1 Å². The van der Waals surface area contributed by atoms with Crippen molar-refractivity contribution in [3.63, 3.8) is 0 Å². The summed E-state index contributed by atoms with van der Waals surface area (Å²) in [5, 5.41) is 3.54. The van der Waals surface area contributed by atoms with E-state index in [9.17, 15) is 0 Å². The van der Waals surface area contributed by atoms with Gasteiger partial charge in [0, 0.05) is 38.3 Å². The van der Waals surface area contributed by atoms with Gasteiger partial charge in [0.1, 0.15) is 11.6 Å². The molecule has 0 amide bonds. The second-order valence-corrected chi connectivity index (χ2v) is 6.27. The topological polar surface area (TPSA) is 31.4 Å². The summed E-state index contributed by atoms with van der Waals surface area (Å²) in [4.78, 5) is 9.73. The highest BCUT2D eigenvalue weighted by molar-refractivity contribution is 5.48. The Balaban J connectivity index is 1.60. The van der Waals surface area contributed by atoms with Crippen molar-refractivity contribution in [2.24, 2.45) is 0 Å². The summed E-state index contributed by atoms with van der Waals surface area (Å²) in [6.45, 7) is 8.99. The Morgan fingerprint density at radius 2 is 1.90 bits per heavy atom. The van der Waals surface area contributed by atoms with Gasteiger partial charge in [-0.15, -0.1) is 0 Å². The summed E-state index contributed by atoms with van der Waals surface area (Å²) < 4.78 is 0. The average Bonchev–Trinajstić information content (AvgIpc) is 2.43. The molecule has 4 nitrogen and oxygen atoms in total. The number of nitrogens with zero attached hydrogens (tertiary/aromatic N) is 3. The molecule has 0 radical (unpaired) electrons. The monoisotopic (exact) mass is 274 g/mol. The number of aromatic nitrogens is 1. The molecule has 2 heterocycles. The van der Waals surface area contributed by atoms with E-state index in [-0.39, 0.29) is 0 Å². The molecule has 2 aliphatic rings. The molecule has 1 saturated carbocycles. The van der Waals surface area contributed by atoms with Crippen molar-refractivity contribution in [1.29, 1.82) is 0 Å². The van der Waals surface area contributed by atoms with Gasteiger partial charge in [0.2, 0.25) is 0 Å². The lowest BCUT2D eigenvalue weighted by molar-refractivity contribution is 0.209. The molecule has 110 valence electrons. The predicted molar refractivity (Wildman–Crippen MR) is 84.4 cm³/mol. The van der Waals surface area contributed by atoms with Crippen LogP contribution in [0.1, 0.15) is 33.1 Å². The fourth-order valence-electron chi connectivity index (χ4n) is 2.91. The number of anilines is 2. The van der Waals surface area contributed by atoms with Crippen molar-refractivity contribution in [1.82, 2.24) is 9.88 Å². The molecule has 1 aromatic heterocycles. The molecule has 1 saturated heterocycles. The number of nitrogens with one attached hydrogen (secondary N) is 1. The summed E-state index contributed by atoms with van der Waals surface area (Å²) in [5.41, 5.74) is 0. The molecule has 2 fully saturated rings. The Hall–Kier alpha value is -1.29. The molecule has 1 aliphatic heterocycles. The molecule has 4 heteroatoms. The van der Waals surface area contributed by atoms with Gasteiger partial charge in [0.15, 0.2) is 0 Å². The van der Waals surface area contributed by atoms with Crippen LogP contribution in [-0.2, 0) is 0 Å². The highest BCUT2D eigenvalue weighted by atomic mass is 15.3. The fraction of sp³-hybridized carbons (Fsp3) is 0.688. The van der Waals surface area contributed by atoms with Crippen molar-refractivity contribution >= 4 is 11.6 Å². The first-order chi connectivity index (χ1) is 9.72. The van der Waals surface area contributed by atoms with Gasteiger partial charge in [0.05, 0.1) is 0 Å². The van der Waals surface area contributed by atoms with E-state index in [1.54, 1.807) is 0 Å². The van der Waals surface area contributed by atoms with Gasteiger partial charge in [-0.1, -0.05) is 6.07 Å². The molecule has 0 atom stereocenters. The molecule has 0 aromatic carbocycles. The number of piperazine rings is 1. The first kappa shape index (κ1) is 13.7. The Morgan fingerprint density at radius 3 is 2.50 bits per heavy atom. The first-order valence-corrected chi connectivity index (χ1v) is 7.95. The van der Waals surface area contributed by atoms with Gasteiger partial charge in [-0.3, -0.25) is 4.90 Å². The quantitative estimate of drug-likeness (QED) is 0.914. The molecule has 3 rings (SSSR count). The number of pyridine rings is 1. The van der Waals surface area contributed by atoms with E-state index in [2.05, 4.69) is 47.2 Å². The third-order valence-corrected chi connectivity index (χ3v) is 4.56. The van der Waals surface area contributed by atoms with Gasteiger partial charge in [-0.05, 0) is 45.2 Å². The van der Waals surface area contributed by atoms with Gasteiger partial charge in [-0.25, -0.2) is 4.98 Å². The third kappa shape index (κ3) is 3.06. The van der Waals surface area contributed by atoms with Crippen molar-refractivity contribution in [2.45, 2.75) is 45.2 Å². The number of hydrogen-bond acceptors (Lipinski definition) is 4. The fourth-order valence-corrected chi connectivity index (χ4v) is 2.91. The highest BCUT2D eigenvalue weighted by Gasteiger charge is 2.21. The molecule has 1 aliphatic carbocycles. The largest absolute Gasteiger partial charge is 0.367 e. The van der Waals surface area contributed by atoms with E-state index < -0.39 is 0 Å². The summed E-state index contributed by atoms with van der Waals surface area (Å²) >= 11 is 0. The lowest BCUT2D eigenvalue weighted by Gasteiger charge is -2.37. The maximum Gasteiger partial charge on any atom is 0.131 e. The van der Waals surface area contributed by atoms with Gasteiger partial charge >= 0.3 is 0 Å². The SMILES string of the molecule is CC(C)N1CCN(c2cccc(NC3CCC3)n2)CC1. The zero-order valence-electron chi connectivity index (χ0n) is 12.7. The third-order valence-electron chi connectivity index (χ3n) is 4.56. The van der Waals surface area contributed by atoms with Crippen molar-refractivity contribution in [3.05, 3.63) is 18.2 Å². The maximum absolute atomic E-state index is 4.78. The second kappa shape index (κ2) is 6.00. The molecular weight excluding hydrogens is 248 g/mol. The molecule has 0 bridgehead atoms. The van der Waals surface area contributed by atoms with E-state index in [1.807, 2.05) is 0 Å². The van der Waals surface area contributed by atoms with Crippen LogP contribution in [0.5, 0.6) is 0 Å². The van der Waals surface area contributed by atoms with Crippen LogP contribution in [0, 0.1) is 0 Å². The van der Waals surface area contributed by atoms with E-state index in [1.165, 1.54) is 19.3 Å². The van der Waals surface area contributed by atoms with Crippen LogP contribution in [0.25, 0.3) is 0 Å². The molecular formula is C16H26N4. The zero-order valence-corrected chi connectivity index (χ0v) is 12.7. The lowest BCUT2D eigenvalue weighted by Crippen LogP contribution is -2.49. The zero-order chi connectivity index (χ0) is 13.9. The summed E-state index contributed by atoms with van der Waals surface area (Å²) in [6.07, 6.45) is 3.94. The summed E-state index contributed by atoms with van der Waals surface area (Å²) in [6, 6.07) is 7.65. The normalized spacial score (nSPS) is 21.1. The molecule has 1 aromatic rings. The molecule has 0 spiro atoms. The Morgan fingerprint density at radius 1 is 1.15 bits per heavy atom. The number of rotatable bonds is 4. The van der Waals surface area contributed by atoms with Crippen molar-refractivity contribution < 1.29 is 0 Å². The summed E-state index contributed by atoms with van der Waals surface area (Å²) in [7, 11) is 0. The van der Waals surface area contributed by atoms with Crippen LogP contribution in [-0.4, -0.2) is 48.1 Å². The van der Waals surface area contributed by atoms with Crippen LogP contribution < -0.4 is 10.2 Å². The first-order valence-electron chi connectivity index (χ1n) is 7.95. The van der Waals surface area contributed by atoms with Crippen LogP contribution in [0.4, 0.5) is 11.6 Å². The highest BCUT2D eigenvalue weighted by Crippen LogP contribution is 2.24. The van der Waals surface area contributed by atoms with Gasteiger partial charge in [0.25, 0.3) is 0 Å². The van der Waals surface area contributed by atoms with Crippen LogP contribution in [0.15, 0.2) is 18.2 Å². The van der Waals surface area contributed by atoms with Crippen molar-refractivity contribution in [3.8, 4) is 0 Å². The Bertz CT molecular complexity index is 434. The Kier molecular flexibility index (Phi) is 4.10. The van der Waals surface area contributed by atoms with E-state index >= 15 is 0 Å². The molecule has 20 heavy (non-hydrogen) atoms. The van der Waals surface area contributed by atoms with Gasteiger partial charge in [-0.2, -0.15) is 0 Å². The van der Waals surface area contributed by atoms with Crippen LogP contribution >= 0.6 is 0 Å². The minimum Gasteiger partial charge on any atom is -0.367 e. The van der Waals surface area contributed by atoms with Crippen LogP contribution in [0.2, 0.25) is 0 Å². The van der Waals surface area contributed by atoms with Crippen LogP contribution in [0.3, 0.4) is 0 Å². The van der Waals surface area contributed by atoms with E-state index in [4.69, 9.17) is 4.98 Å². The van der Waals surface area contributed by atoms with E-state index in [0.717, 1.165) is 37.8 Å². The maximum atomic E-state index is 4.78. The standard InChI is InChI=1S/C16H26N4/c1-13(2)19-9-11-20(12-10-19)16-8-4-7-15(18-16)17-14-5-3-6-14/h4,7-8,13-14H,3,5-6,9-12H2,1-2H3,(H,17,18). The molecule has 0 unspecified atom stereocenters. The minimum atomic E-state index is 0.649. The summed E-state index contributed by atoms with van der Waals surface area (Å²) in [5.74, 6) is 2.16. The minimum absolute atomic E-state index is 0.649. The number of hydrogen-bond donors (Lipinski definition) is 1. The van der Waals surface area contributed by atoms with Gasteiger partial charge < -0.3 is 10.2 Å². The second-order valence-electron chi connectivity index (χ2n) is 6.27. The Labute approximate surface area is 122 Å². The lowest BCUT2D eigenvalue weighted by atomic mass is 9.93. The smallest absolute Gasteiger partial charge is 0.131 e. The molecule has 1 N–H and O–H groups in total.